The fourth-order valence-corrected chi connectivity index (χ4v) is 1.95. The summed E-state index contributed by atoms with van der Waals surface area (Å²) in [4.78, 5) is 24.3. The number of hydrogen-bond acceptors (Lipinski definition) is 2. The van der Waals surface area contributed by atoms with Gasteiger partial charge in [0.05, 0.1) is 13.1 Å². The van der Waals surface area contributed by atoms with Crippen LogP contribution in [0.25, 0.3) is 0 Å². The third-order valence-corrected chi connectivity index (χ3v) is 2.98. The van der Waals surface area contributed by atoms with Gasteiger partial charge in [-0.05, 0) is 12.8 Å². The van der Waals surface area contributed by atoms with Gasteiger partial charge < -0.3 is 10.2 Å². The van der Waals surface area contributed by atoms with Gasteiger partial charge in [-0.1, -0.05) is 13.8 Å². The number of hydrogen-bond donors (Lipinski definition) is 1. The topological polar surface area (TPSA) is 49.4 Å². The van der Waals surface area contributed by atoms with E-state index in [0.29, 0.717) is 12.8 Å². The van der Waals surface area contributed by atoms with Crippen molar-refractivity contribution in [3.63, 3.8) is 0 Å². The van der Waals surface area contributed by atoms with Crippen molar-refractivity contribution in [3.05, 3.63) is 0 Å². The van der Waals surface area contributed by atoms with E-state index in [0.717, 1.165) is 4.90 Å². The van der Waals surface area contributed by atoms with Crippen LogP contribution in [0.4, 0.5) is 8.78 Å². The molecule has 0 spiro atoms. The normalized spacial score (nSPS) is 20.2. The Labute approximate surface area is 93.0 Å². The molecule has 0 radical (unpaired) electrons. The van der Waals surface area contributed by atoms with Crippen molar-refractivity contribution in [2.75, 3.05) is 13.1 Å². The van der Waals surface area contributed by atoms with Crippen molar-refractivity contribution in [1.82, 2.24) is 10.2 Å². The Morgan fingerprint density at radius 1 is 1.38 bits per heavy atom. The number of nitrogens with zero attached hydrogens (tertiary/aromatic N) is 1. The fourth-order valence-electron chi connectivity index (χ4n) is 1.95. The predicted octanol–water partition coefficient (Wildman–Crippen LogP) is 0.769. The molecule has 0 bridgehead atoms. The van der Waals surface area contributed by atoms with E-state index in [1.54, 1.807) is 13.8 Å². The average molecular weight is 234 g/mol. The molecule has 0 aromatic rings. The van der Waals surface area contributed by atoms with Crippen LogP contribution in [0.3, 0.4) is 0 Å². The minimum Gasteiger partial charge on any atom is -0.340 e. The Balaban J connectivity index is 2.89. The molecular weight excluding hydrogens is 218 g/mol. The summed E-state index contributed by atoms with van der Waals surface area (Å²) in [7, 11) is 0. The number of piperazine rings is 1. The highest BCUT2D eigenvalue weighted by molar-refractivity contribution is 5.97. The standard InChI is InChI=1S/C10H16F2N2O2/c1-3-10(4-2)9(16)14(5-7(11)12)6-8(15)13-10/h7H,3-6H2,1-2H3,(H,13,15). The molecular formula is C10H16F2N2O2. The van der Waals surface area contributed by atoms with Crippen LogP contribution in [-0.4, -0.2) is 41.8 Å². The average Bonchev–Trinajstić information content (AvgIpc) is 2.22. The van der Waals surface area contributed by atoms with Crippen LogP contribution >= 0.6 is 0 Å². The van der Waals surface area contributed by atoms with Crippen LogP contribution in [0.1, 0.15) is 26.7 Å². The van der Waals surface area contributed by atoms with Gasteiger partial charge in [0, 0.05) is 0 Å². The SMILES string of the molecule is CCC1(CC)NC(=O)CN(CC(F)F)C1=O. The maximum atomic E-state index is 12.3. The molecule has 4 nitrogen and oxygen atoms in total. The molecule has 0 unspecified atom stereocenters. The summed E-state index contributed by atoms with van der Waals surface area (Å²) in [5.41, 5.74) is -0.996. The van der Waals surface area contributed by atoms with Gasteiger partial charge >= 0.3 is 0 Å². The number of rotatable bonds is 4. The third-order valence-electron chi connectivity index (χ3n) is 2.98. The number of amides is 2. The summed E-state index contributed by atoms with van der Waals surface area (Å²) in [6.45, 7) is 2.57. The van der Waals surface area contributed by atoms with Crippen molar-refractivity contribution < 1.29 is 18.4 Å². The lowest BCUT2D eigenvalue weighted by Crippen LogP contribution is -2.66. The molecule has 0 aliphatic carbocycles. The highest BCUT2D eigenvalue weighted by atomic mass is 19.3. The number of alkyl halides is 2. The zero-order valence-electron chi connectivity index (χ0n) is 9.43. The fraction of sp³-hybridized carbons (Fsp3) is 0.800. The molecule has 1 N–H and O–H groups in total. The van der Waals surface area contributed by atoms with E-state index in [1.165, 1.54) is 0 Å². The van der Waals surface area contributed by atoms with Crippen LogP contribution in [0, 0.1) is 0 Å². The number of halogens is 2. The Kier molecular flexibility index (Phi) is 3.83. The molecule has 0 aromatic carbocycles. The van der Waals surface area contributed by atoms with Crippen LogP contribution < -0.4 is 5.32 Å². The van der Waals surface area contributed by atoms with E-state index >= 15 is 0 Å². The predicted molar refractivity (Wildman–Crippen MR) is 54.0 cm³/mol. The van der Waals surface area contributed by atoms with Gasteiger partial charge in [-0.3, -0.25) is 9.59 Å². The summed E-state index contributed by atoms with van der Waals surface area (Å²) in [5.74, 6) is -0.777. The lowest BCUT2D eigenvalue weighted by atomic mass is 9.89. The van der Waals surface area contributed by atoms with Gasteiger partial charge in [0.2, 0.25) is 11.8 Å². The lowest BCUT2D eigenvalue weighted by Gasteiger charge is -2.40. The molecule has 1 aliphatic rings. The maximum absolute atomic E-state index is 12.3. The first-order chi connectivity index (χ1) is 7.45. The van der Waals surface area contributed by atoms with Gasteiger partial charge in [0.15, 0.2) is 0 Å². The summed E-state index contributed by atoms with van der Waals surface area (Å²) in [5, 5.41) is 2.61. The minimum absolute atomic E-state index is 0.273. The molecule has 16 heavy (non-hydrogen) atoms. The van der Waals surface area contributed by atoms with Crippen molar-refractivity contribution in [2.24, 2.45) is 0 Å². The largest absolute Gasteiger partial charge is 0.340 e. The van der Waals surface area contributed by atoms with E-state index in [4.69, 9.17) is 0 Å². The van der Waals surface area contributed by atoms with E-state index in [2.05, 4.69) is 5.32 Å². The minimum atomic E-state index is -2.61. The van der Waals surface area contributed by atoms with Crippen LogP contribution in [0.5, 0.6) is 0 Å². The zero-order chi connectivity index (χ0) is 12.3. The molecule has 1 saturated heterocycles. The maximum Gasteiger partial charge on any atom is 0.255 e. The van der Waals surface area contributed by atoms with Gasteiger partial charge in [-0.25, -0.2) is 8.78 Å². The van der Waals surface area contributed by atoms with E-state index in [9.17, 15) is 18.4 Å². The summed E-state index contributed by atoms with van der Waals surface area (Å²) >= 11 is 0. The Morgan fingerprint density at radius 3 is 2.38 bits per heavy atom. The first kappa shape index (κ1) is 12.9. The van der Waals surface area contributed by atoms with Crippen molar-refractivity contribution in [2.45, 2.75) is 38.7 Å². The molecule has 0 aromatic heterocycles. The van der Waals surface area contributed by atoms with Crippen molar-refractivity contribution >= 4 is 11.8 Å². The molecule has 1 rings (SSSR count). The Bertz CT molecular complexity index is 291. The molecule has 1 aliphatic heterocycles. The van der Waals surface area contributed by atoms with Crippen molar-refractivity contribution in [3.8, 4) is 0 Å². The van der Waals surface area contributed by atoms with Gasteiger partial charge in [0.25, 0.3) is 6.43 Å². The zero-order valence-corrected chi connectivity index (χ0v) is 9.43. The van der Waals surface area contributed by atoms with E-state index in [-0.39, 0.29) is 12.5 Å². The highest BCUT2D eigenvalue weighted by Gasteiger charge is 2.44. The quantitative estimate of drug-likeness (QED) is 0.781. The number of nitrogens with one attached hydrogen (secondary N) is 1. The smallest absolute Gasteiger partial charge is 0.255 e. The second kappa shape index (κ2) is 4.76. The molecule has 1 heterocycles. The molecule has 6 heteroatoms. The second-order valence-corrected chi connectivity index (χ2v) is 3.91. The lowest BCUT2D eigenvalue weighted by molar-refractivity contribution is -0.152. The van der Waals surface area contributed by atoms with Gasteiger partial charge in [0.1, 0.15) is 5.54 Å². The van der Waals surface area contributed by atoms with Crippen LogP contribution in [0.2, 0.25) is 0 Å². The Hall–Kier alpha value is -1.20. The second-order valence-electron chi connectivity index (χ2n) is 3.91. The number of carbonyl (C=O) groups is 2. The molecule has 2 amide bonds. The molecule has 0 saturated carbocycles. The monoisotopic (exact) mass is 234 g/mol. The molecule has 92 valence electrons. The highest BCUT2D eigenvalue weighted by Crippen LogP contribution is 2.22. The number of carbonyl (C=O) groups excluding carboxylic acids is 2. The molecule has 1 fully saturated rings. The first-order valence-electron chi connectivity index (χ1n) is 5.33. The van der Waals surface area contributed by atoms with Crippen molar-refractivity contribution in [1.29, 1.82) is 0 Å². The van der Waals surface area contributed by atoms with E-state index in [1.807, 2.05) is 0 Å². The van der Waals surface area contributed by atoms with E-state index < -0.39 is 24.4 Å². The first-order valence-corrected chi connectivity index (χ1v) is 5.33. The summed E-state index contributed by atoms with van der Waals surface area (Å²) < 4.78 is 24.5. The van der Waals surface area contributed by atoms with Gasteiger partial charge in [-0.15, -0.1) is 0 Å². The van der Waals surface area contributed by atoms with Gasteiger partial charge in [-0.2, -0.15) is 0 Å². The third kappa shape index (κ3) is 2.31. The summed E-state index contributed by atoms with van der Waals surface area (Å²) in [6, 6.07) is 0. The van der Waals surface area contributed by atoms with Crippen LogP contribution in [0.15, 0.2) is 0 Å². The Morgan fingerprint density at radius 2 is 1.94 bits per heavy atom. The summed E-state index contributed by atoms with van der Waals surface area (Å²) in [6.07, 6.45) is -1.79. The van der Waals surface area contributed by atoms with Crippen LogP contribution in [-0.2, 0) is 9.59 Å². The molecule has 0 atom stereocenters.